The Balaban J connectivity index is 1.62. The molecule has 0 fully saturated rings. The number of para-hydroxylation sites is 2. The number of methoxy groups -OCH3 is 1. The first kappa shape index (κ1) is 18.7. The van der Waals surface area contributed by atoms with Crippen molar-refractivity contribution in [1.29, 1.82) is 0 Å². The maximum Gasteiger partial charge on any atom is 0.251 e. The molecule has 0 saturated heterocycles. The van der Waals surface area contributed by atoms with Gasteiger partial charge >= 0.3 is 0 Å². The highest BCUT2D eigenvalue weighted by Gasteiger charge is 2.19. The minimum absolute atomic E-state index is 0.125. The molecule has 1 N–H and O–H groups in total. The Kier molecular flexibility index (Phi) is 5.29. The minimum atomic E-state index is -0.193. The van der Waals surface area contributed by atoms with Crippen LogP contribution in [0.2, 0.25) is 0 Å². The topological polar surface area (TPSA) is 56.1 Å². The number of benzene rings is 3. The normalized spacial score (nSPS) is 11.9. The van der Waals surface area contributed by atoms with Crippen LogP contribution in [0, 0.1) is 0 Å². The lowest BCUT2D eigenvalue weighted by Gasteiger charge is -2.19. The summed E-state index contributed by atoms with van der Waals surface area (Å²) in [5.41, 5.74) is 3.67. The average Bonchev–Trinajstić information content (AvgIpc) is 3.09. The van der Waals surface area contributed by atoms with Crippen molar-refractivity contribution in [2.75, 3.05) is 7.11 Å². The molecule has 5 heteroatoms. The lowest BCUT2D eigenvalue weighted by atomic mass is 10.0. The first-order chi connectivity index (χ1) is 14.2. The Morgan fingerprint density at radius 2 is 1.69 bits per heavy atom. The van der Waals surface area contributed by atoms with Gasteiger partial charge in [0.1, 0.15) is 11.6 Å². The maximum absolute atomic E-state index is 12.9. The number of hydrogen-bond acceptors (Lipinski definition) is 3. The van der Waals surface area contributed by atoms with Crippen LogP contribution in [-0.4, -0.2) is 22.6 Å². The second kappa shape index (κ2) is 8.19. The van der Waals surface area contributed by atoms with Crippen LogP contribution in [0.4, 0.5) is 0 Å². The predicted molar refractivity (Wildman–Crippen MR) is 114 cm³/mol. The van der Waals surface area contributed by atoms with E-state index in [-0.39, 0.29) is 11.9 Å². The van der Waals surface area contributed by atoms with Gasteiger partial charge < -0.3 is 14.6 Å². The number of carbonyl (C=O) groups excluding carboxylic acids is 1. The van der Waals surface area contributed by atoms with E-state index >= 15 is 0 Å². The number of nitrogens with one attached hydrogen (secondary N) is 1. The molecule has 0 bridgehead atoms. The average molecular weight is 385 g/mol. The number of imidazole rings is 1. The van der Waals surface area contributed by atoms with E-state index in [9.17, 15) is 4.79 Å². The van der Waals surface area contributed by atoms with Gasteiger partial charge in [-0.05, 0) is 42.0 Å². The van der Waals surface area contributed by atoms with Crippen LogP contribution < -0.4 is 10.1 Å². The van der Waals surface area contributed by atoms with Gasteiger partial charge in [-0.1, -0.05) is 42.5 Å². The largest absolute Gasteiger partial charge is 0.497 e. The van der Waals surface area contributed by atoms with Crippen molar-refractivity contribution < 1.29 is 9.53 Å². The third-order valence-electron chi connectivity index (χ3n) is 5.13. The fourth-order valence-electron chi connectivity index (χ4n) is 3.48. The molecule has 1 amide bonds. The summed E-state index contributed by atoms with van der Waals surface area (Å²) in [6, 6.07) is 25.0. The number of hydrogen-bond donors (Lipinski definition) is 1. The van der Waals surface area contributed by atoms with Crippen LogP contribution >= 0.6 is 0 Å². The zero-order chi connectivity index (χ0) is 20.2. The van der Waals surface area contributed by atoms with Crippen molar-refractivity contribution >= 4 is 16.9 Å². The Morgan fingerprint density at radius 1 is 1.00 bits per heavy atom. The van der Waals surface area contributed by atoms with Gasteiger partial charge in [-0.3, -0.25) is 4.79 Å². The number of amides is 1. The molecule has 1 aromatic heterocycles. The van der Waals surface area contributed by atoms with Gasteiger partial charge in [-0.15, -0.1) is 0 Å². The molecule has 4 aromatic rings. The lowest BCUT2D eigenvalue weighted by Crippen LogP contribution is -2.30. The summed E-state index contributed by atoms with van der Waals surface area (Å²) >= 11 is 0. The van der Waals surface area contributed by atoms with Crippen molar-refractivity contribution in [3.8, 4) is 5.75 Å². The summed E-state index contributed by atoms with van der Waals surface area (Å²) in [7, 11) is 3.62. The number of aryl methyl sites for hydroxylation is 1. The van der Waals surface area contributed by atoms with Crippen LogP contribution in [0.1, 0.15) is 27.8 Å². The molecule has 146 valence electrons. The molecule has 4 rings (SSSR count). The summed E-state index contributed by atoms with van der Waals surface area (Å²) in [5, 5.41) is 3.17. The number of aromatic nitrogens is 2. The molecule has 1 heterocycles. The second-order valence-corrected chi connectivity index (χ2v) is 6.95. The van der Waals surface area contributed by atoms with E-state index in [1.54, 1.807) is 31.4 Å². The van der Waals surface area contributed by atoms with E-state index < -0.39 is 0 Å². The summed E-state index contributed by atoms with van der Waals surface area (Å²) in [5.74, 6) is 1.52. The Morgan fingerprint density at radius 3 is 2.38 bits per heavy atom. The molecular formula is C24H23N3O2. The van der Waals surface area contributed by atoms with Gasteiger partial charge in [0.15, 0.2) is 0 Å². The molecule has 5 nitrogen and oxygen atoms in total. The van der Waals surface area contributed by atoms with Gasteiger partial charge in [0, 0.05) is 19.0 Å². The minimum Gasteiger partial charge on any atom is -0.497 e. The zero-order valence-corrected chi connectivity index (χ0v) is 16.5. The highest BCUT2D eigenvalue weighted by atomic mass is 16.5. The van der Waals surface area contributed by atoms with Gasteiger partial charge in [0.25, 0.3) is 5.91 Å². The molecule has 0 aliphatic carbocycles. The smallest absolute Gasteiger partial charge is 0.251 e. The van der Waals surface area contributed by atoms with Crippen LogP contribution in [0.15, 0.2) is 78.9 Å². The van der Waals surface area contributed by atoms with Gasteiger partial charge in [0.05, 0.1) is 24.2 Å². The zero-order valence-electron chi connectivity index (χ0n) is 16.5. The van der Waals surface area contributed by atoms with Gasteiger partial charge in [-0.2, -0.15) is 0 Å². The molecule has 29 heavy (non-hydrogen) atoms. The number of carbonyl (C=O) groups is 1. The first-order valence-electron chi connectivity index (χ1n) is 9.56. The monoisotopic (exact) mass is 385 g/mol. The number of fused-ring (bicyclic) bond motifs is 1. The van der Waals surface area contributed by atoms with E-state index in [2.05, 4.69) is 16.0 Å². The highest BCUT2D eigenvalue weighted by Crippen LogP contribution is 2.22. The van der Waals surface area contributed by atoms with Crippen LogP contribution in [-0.2, 0) is 13.5 Å². The number of nitrogens with zero attached hydrogens (tertiary/aromatic N) is 2. The van der Waals surface area contributed by atoms with E-state index in [4.69, 9.17) is 9.72 Å². The molecule has 0 unspecified atom stereocenters. The van der Waals surface area contributed by atoms with Gasteiger partial charge in [0.2, 0.25) is 0 Å². The third kappa shape index (κ3) is 3.99. The predicted octanol–water partition coefficient (Wildman–Crippen LogP) is 4.30. The quantitative estimate of drug-likeness (QED) is 0.538. The molecular weight excluding hydrogens is 362 g/mol. The maximum atomic E-state index is 12.9. The summed E-state index contributed by atoms with van der Waals surface area (Å²) in [6.45, 7) is 0. The van der Waals surface area contributed by atoms with E-state index in [1.165, 1.54) is 0 Å². The Labute approximate surface area is 170 Å². The number of ether oxygens (including phenoxy) is 1. The standard InChI is InChI=1S/C24H23N3O2/c1-27-22-11-7-6-10-20(22)25-23(27)16-21(17-8-4-3-5-9-17)26-24(28)18-12-14-19(29-2)15-13-18/h3-15,21H,16H2,1-2H3,(H,26,28)/t21-/m1/s1. The van der Waals surface area contributed by atoms with Gasteiger partial charge in [-0.25, -0.2) is 4.98 Å². The number of rotatable bonds is 6. The van der Waals surface area contributed by atoms with Crippen molar-refractivity contribution in [3.63, 3.8) is 0 Å². The molecule has 0 aliphatic rings. The molecule has 1 atom stereocenters. The van der Waals surface area contributed by atoms with Crippen molar-refractivity contribution in [2.45, 2.75) is 12.5 Å². The molecule has 0 aliphatic heterocycles. The SMILES string of the molecule is COc1ccc(C(=O)N[C@H](Cc2nc3ccccc3n2C)c2ccccc2)cc1. The van der Waals surface area contributed by atoms with E-state index in [0.29, 0.717) is 12.0 Å². The summed E-state index contributed by atoms with van der Waals surface area (Å²) in [6.07, 6.45) is 0.594. The Bertz CT molecular complexity index is 1120. The van der Waals surface area contributed by atoms with Crippen molar-refractivity contribution in [3.05, 3.63) is 95.8 Å². The summed E-state index contributed by atoms with van der Waals surface area (Å²) < 4.78 is 7.27. The van der Waals surface area contributed by atoms with Crippen LogP contribution in [0.25, 0.3) is 11.0 Å². The van der Waals surface area contributed by atoms with E-state index in [0.717, 1.165) is 28.2 Å². The molecule has 0 saturated carbocycles. The lowest BCUT2D eigenvalue weighted by molar-refractivity contribution is 0.0936. The molecule has 0 spiro atoms. The molecule has 3 aromatic carbocycles. The van der Waals surface area contributed by atoms with Crippen LogP contribution in [0.5, 0.6) is 5.75 Å². The van der Waals surface area contributed by atoms with Crippen molar-refractivity contribution in [2.24, 2.45) is 7.05 Å². The Hall–Kier alpha value is -3.60. The molecule has 0 radical (unpaired) electrons. The third-order valence-corrected chi connectivity index (χ3v) is 5.13. The van der Waals surface area contributed by atoms with Crippen molar-refractivity contribution in [1.82, 2.24) is 14.9 Å². The first-order valence-corrected chi connectivity index (χ1v) is 9.56. The second-order valence-electron chi connectivity index (χ2n) is 6.95. The highest BCUT2D eigenvalue weighted by molar-refractivity contribution is 5.94. The fourth-order valence-corrected chi connectivity index (χ4v) is 3.48. The van der Waals surface area contributed by atoms with E-state index in [1.807, 2.05) is 55.6 Å². The summed E-state index contributed by atoms with van der Waals surface area (Å²) in [4.78, 5) is 17.7. The fraction of sp³-hybridized carbons (Fsp3) is 0.167. The van der Waals surface area contributed by atoms with Crippen LogP contribution in [0.3, 0.4) is 0 Å².